The Kier molecular flexibility index (Phi) is 4.67. The number of hydrogen-bond acceptors (Lipinski definition) is 4. The minimum absolute atomic E-state index is 0.108. The SMILES string of the molecule is CCC(=O)Nc1ccc(S(=O)(=O)N2CCN(C)c3ccccc32)cc1. The van der Waals surface area contributed by atoms with E-state index in [1.54, 1.807) is 19.1 Å². The Hall–Kier alpha value is -2.54. The number of sulfonamides is 1. The van der Waals surface area contributed by atoms with E-state index in [2.05, 4.69) is 5.32 Å². The van der Waals surface area contributed by atoms with Crippen molar-refractivity contribution < 1.29 is 13.2 Å². The molecule has 0 radical (unpaired) electrons. The summed E-state index contributed by atoms with van der Waals surface area (Å²) in [7, 11) is -1.70. The summed E-state index contributed by atoms with van der Waals surface area (Å²) in [6.45, 7) is 2.78. The molecule has 1 heterocycles. The van der Waals surface area contributed by atoms with Gasteiger partial charge in [0.15, 0.2) is 0 Å². The van der Waals surface area contributed by atoms with Crippen LogP contribution in [-0.2, 0) is 14.8 Å². The summed E-state index contributed by atoms with van der Waals surface area (Å²) < 4.78 is 27.6. The summed E-state index contributed by atoms with van der Waals surface area (Å²) in [5.74, 6) is -0.108. The Morgan fingerprint density at radius 3 is 2.32 bits per heavy atom. The number of amides is 1. The lowest BCUT2D eigenvalue weighted by molar-refractivity contribution is -0.115. The van der Waals surface area contributed by atoms with Gasteiger partial charge in [0.05, 0.1) is 22.8 Å². The van der Waals surface area contributed by atoms with Crippen LogP contribution in [0, 0.1) is 0 Å². The van der Waals surface area contributed by atoms with Gasteiger partial charge in [0.25, 0.3) is 10.0 Å². The van der Waals surface area contributed by atoms with Crippen LogP contribution in [0.5, 0.6) is 0 Å². The van der Waals surface area contributed by atoms with Crippen LogP contribution in [0.1, 0.15) is 13.3 Å². The fourth-order valence-corrected chi connectivity index (χ4v) is 4.29. The third-order valence-electron chi connectivity index (χ3n) is 4.25. The first-order valence-corrected chi connectivity index (χ1v) is 9.60. The lowest BCUT2D eigenvalue weighted by Crippen LogP contribution is -2.42. The van der Waals surface area contributed by atoms with E-state index in [1.165, 1.54) is 16.4 Å². The van der Waals surface area contributed by atoms with E-state index in [-0.39, 0.29) is 10.8 Å². The molecule has 0 fully saturated rings. The second-order valence-electron chi connectivity index (χ2n) is 5.91. The molecule has 132 valence electrons. The number of anilines is 3. The molecule has 3 rings (SSSR count). The van der Waals surface area contributed by atoms with Crippen molar-refractivity contribution in [3.63, 3.8) is 0 Å². The van der Waals surface area contributed by atoms with Crippen LogP contribution < -0.4 is 14.5 Å². The van der Waals surface area contributed by atoms with E-state index in [0.717, 1.165) is 5.69 Å². The molecule has 0 atom stereocenters. The monoisotopic (exact) mass is 359 g/mol. The van der Waals surface area contributed by atoms with E-state index in [9.17, 15) is 13.2 Å². The second kappa shape index (κ2) is 6.76. The van der Waals surface area contributed by atoms with Gasteiger partial charge in [-0.15, -0.1) is 0 Å². The number of hydrogen-bond donors (Lipinski definition) is 1. The molecular weight excluding hydrogens is 338 g/mol. The topological polar surface area (TPSA) is 69.7 Å². The summed E-state index contributed by atoms with van der Waals surface area (Å²) in [6.07, 6.45) is 0.373. The molecule has 2 aromatic carbocycles. The Labute approximate surface area is 148 Å². The molecule has 6 nitrogen and oxygen atoms in total. The molecule has 0 aromatic heterocycles. The van der Waals surface area contributed by atoms with Crippen molar-refractivity contribution in [1.29, 1.82) is 0 Å². The van der Waals surface area contributed by atoms with Crippen molar-refractivity contribution >= 4 is 33.0 Å². The van der Waals surface area contributed by atoms with Crippen molar-refractivity contribution in [2.45, 2.75) is 18.2 Å². The van der Waals surface area contributed by atoms with Crippen molar-refractivity contribution in [2.75, 3.05) is 34.7 Å². The van der Waals surface area contributed by atoms with Gasteiger partial charge in [-0.25, -0.2) is 8.42 Å². The number of fused-ring (bicyclic) bond motifs is 1. The van der Waals surface area contributed by atoms with Crippen LogP contribution >= 0.6 is 0 Å². The number of carbonyl (C=O) groups is 1. The van der Waals surface area contributed by atoms with Gasteiger partial charge < -0.3 is 10.2 Å². The summed E-state index contributed by atoms with van der Waals surface area (Å²) in [6, 6.07) is 13.8. The number of rotatable bonds is 4. The maximum absolute atomic E-state index is 13.1. The molecule has 7 heteroatoms. The Morgan fingerprint density at radius 2 is 1.68 bits per heavy atom. The smallest absolute Gasteiger partial charge is 0.264 e. The Bertz CT molecular complexity index is 879. The zero-order valence-electron chi connectivity index (χ0n) is 14.3. The number of benzene rings is 2. The normalized spacial score (nSPS) is 14.2. The number of carbonyl (C=O) groups excluding carboxylic acids is 1. The van der Waals surface area contributed by atoms with Gasteiger partial charge in [-0.3, -0.25) is 9.10 Å². The van der Waals surface area contributed by atoms with E-state index in [4.69, 9.17) is 0 Å². The third kappa shape index (κ3) is 3.32. The molecule has 0 aliphatic carbocycles. The molecule has 0 spiro atoms. The molecule has 0 bridgehead atoms. The minimum Gasteiger partial charge on any atom is -0.371 e. The van der Waals surface area contributed by atoms with Crippen LogP contribution in [-0.4, -0.2) is 34.5 Å². The van der Waals surface area contributed by atoms with E-state index >= 15 is 0 Å². The van der Waals surface area contributed by atoms with Crippen LogP contribution in [0.4, 0.5) is 17.1 Å². The second-order valence-corrected chi connectivity index (χ2v) is 7.78. The summed E-state index contributed by atoms with van der Waals surface area (Å²) in [5, 5.41) is 2.72. The predicted octanol–water partition coefficient (Wildman–Crippen LogP) is 2.68. The van der Waals surface area contributed by atoms with E-state index in [0.29, 0.717) is 30.9 Å². The third-order valence-corrected chi connectivity index (χ3v) is 6.07. The quantitative estimate of drug-likeness (QED) is 0.911. The Morgan fingerprint density at radius 1 is 1.04 bits per heavy atom. The molecular formula is C18H21N3O3S. The number of likely N-dealkylation sites (N-methyl/N-ethyl adjacent to an activating group) is 1. The maximum atomic E-state index is 13.1. The van der Waals surface area contributed by atoms with Crippen molar-refractivity contribution in [3.05, 3.63) is 48.5 Å². The van der Waals surface area contributed by atoms with E-state index < -0.39 is 10.0 Å². The highest BCUT2D eigenvalue weighted by Gasteiger charge is 2.30. The van der Waals surface area contributed by atoms with Crippen LogP contribution in [0.25, 0.3) is 0 Å². The molecule has 0 unspecified atom stereocenters. The van der Waals surface area contributed by atoms with Gasteiger partial charge in [-0.2, -0.15) is 0 Å². The lowest BCUT2D eigenvalue weighted by atomic mass is 10.2. The highest BCUT2D eigenvalue weighted by molar-refractivity contribution is 7.92. The van der Waals surface area contributed by atoms with Crippen LogP contribution in [0.2, 0.25) is 0 Å². The largest absolute Gasteiger partial charge is 0.371 e. The zero-order valence-corrected chi connectivity index (χ0v) is 15.1. The molecule has 2 aromatic rings. The van der Waals surface area contributed by atoms with E-state index in [1.807, 2.05) is 36.2 Å². The van der Waals surface area contributed by atoms with Crippen LogP contribution in [0.15, 0.2) is 53.4 Å². The van der Waals surface area contributed by atoms with Crippen molar-refractivity contribution in [3.8, 4) is 0 Å². The number of nitrogens with zero attached hydrogens (tertiary/aromatic N) is 2. The standard InChI is InChI=1S/C18H21N3O3S/c1-3-18(22)19-14-8-10-15(11-9-14)25(23,24)21-13-12-20(2)16-6-4-5-7-17(16)21/h4-11H,3,12-13H2,1-2H3,(H,19,22). The van der Waals surface area contributed by atoms with Gasteiger partial charge >= 0.3 is 0 Å². The Balaban J connectivity index is 1.92. The first kappa shape index (κ1) is 17.3. The maximum Gasteiger partial charge on any atom is 0.264 e. The minimum atomic E-state index is -3.66. The highest BCUT2D eigenvalue weighted by Crippen LogP contribution is 2.35. The zero-order chi connectivity index (χ0) is 18.0. The lowest BCUT2D eigenvalue weighted by Gasteiger charge is -2.36. The van der Waals surface area contributed by atoms with Crippen molar-refractivity contribution in [2.24, 2.45) is 0 Å². The summed E-state index contributed by atoms with van der Waals surface area (Å²) in [4.78, 5) is 13.7. The fourth-order valence-electron chi connectivity index (χ4n) is 2.82. The molecule has 0 saturated carbocycles. The predicted molar refractivity (Wildman–Crippen MR) is 99.6 cm³/mol. The molecule has 1 amide bonds. The highest BCUT2D eigenvalue weighted by atomic mass is 32.2. The number of para-hydroxylation sites is 2. The van der Waals surface area contributed by atoms with Gasteiger partial charge in [-0.05, 0) is 36.4 Å². The van der Waals surface area contributed by atoms with Gasteiger partial charge in [0.1, 0.15) is 0 Å². The molecule has 1 aliphatic heterocycles. The molecule has 1 aliphatic rings. The first-order valence-electron chi connectivity index (χ1n) is 8.16. The van der Waals surface area contributed by atoms with Crippen molar-refractivity contribution in [1.82, 2.24) is 0 Å². The number of nitrogens with one attached hydrogen (secondary N) is 1. The summed E-state index contributed by atoms with van der Waals surface area (Å²) >= 11 is 0. The van der Waals surface area contributed by atoms with Gasteiger partial charge in [0, 0.05) is 25.7 Å². The van der Waals surface area contributed by atoms with Crippen LogP contribution in [0.3, 0.4) is 0 Å². The van der Waals surface area contributed by atoms with Gasteiger partial charge in [-0.1, -0.05) is 19.1 Å². The average Bonchev–Trinajstić information content (AvgIpc) is 2.62. The average molecular weight is 359 g/mol. The molecule has 25 heavy (non-hydrogen) atoms. The fraction of sp³-hybridized carbons (Fsp3) is 0.278. The first-order chi connectivity index (χ1) is 11.9. The van der Waals surface area contributed by atoms with Gasteiger partial charge in [0.2, 0.25) is 5.91 Å². The summed E-state index contributed by atoms with van der Waals surface area (Å²) in [5.41, 5.74) is 2.16. The molecule has 0 saturated heterocycles. The molecule has 1 N–H and O–H groups in total.